The zero-order valence-electron chi connectivity index (χ0n) is 16.5. The van der Waals surface area contributed by atoms with Crippen molar-refractivity contribution < 1.29 is 30.5 Å². The fourth-order valence-corrected chi connectivity index (χ4v) is 4.81. The first kappa shape index (κ1) is 23.6. The third kappa shape index (κ3) is 5.61. The van der Waals surface area contributed by atoms with E-state index in [1.165, 1.54) is 30.0 Å². The number of aromatic amines is 1. The highest BCUT2D eigenvalue weighted by Crippen LogP contribution is 2.38. The molecule has 0 radical (unpaired) electrons. The van der Waals surface area contributed by atoms with E-state index in [-0.39, 0.29) is 18.7 Å². The van der Waals surface area contributed by atoms with Crippen molar-refractivity contribution >= 4 is 32.8 Å². The first-order valence-corrected chi connectivity index (χ1v) is 12.4. The van der Waals surface area contributed by atoms with Crippen LogP contribution in [0.25, 0.3) is 10.9 Å². The maximum absolute atomic E-state index is 14.3. The van der Waals surface area contributed by atoms with Crippen molar-refractivity contribution in [1.29, 1.82) is 0 Å². The first-order chi connectivity index (χ1) is 14.5. The SMILES string of the molecule is CSCc1c(F)ccc2c(C(CCCS(=O)(=O)O)c3ccc(C(F)(F)F)cc3)c[nH]c12. The zero-order chi connectivity index (χ0) is 22.8. The monoisotopic (exact) mass is 475 g/mol. The fourth-order valence-electron chi connectivity index (χ4n) is 3.71. The van der Waals surface area contributed by atoms with Crippen molar-refractivity contribution in [2.24, 2.45) is 0 Å². The fraction of sp³-hybridized carbons (Fsp3) is 0.333. The number of halogens is 4. The lowest BCUT2D eigenvalue weighted by Gasteiger charge is -2.18. The molecule has 2 aromatic carbocycles. The Morgan fingerprint density at radius 1 is 1.13 bits per heavy atom. The summed E-state index contributed by atoms with van der Waals surface area (Å²) in [6, 6.07) is 7.67. The highest BCUT2D eigenvalue weighted by molar-refractivity contribution is 7.97. The number of rotatable bonds is 8. The van der Waals surface area contributed by atoms with Gasteiger partial charge in [-0.15, -0.1) is 0 Å². The molecule has 168 valence electrons. The molecule has 0 saturated heterocycles. The molecule has 1 atom stereocenters. The highest BCUT2D eigenvalue weighted by Gasteiger charge is 2.30. The van der Waals surface area contributed by atoms with Crippen LogP contribution in [-0.2, 0) is 22.0 Å². The van der Waals surface area contributed by atoms with Crippen LogP contribution in [0, 0.1) is 5.82 Å². The second kappa shape index (κ2) is 9.22. The summed E-state index contributed by atoms with van der Waals surface area (Å²) in [6.45, 7) is 0. The van der Waals surface area contributed by atoms with Crippen molar-refractivity contribution in [3.05, 3.63) is 70.7 Å². The molecule has 10 heteroatoms. The summed E-state index contributed by atoms with van der Waals surface area (Å²) < 4.78 is 84.5. The molecule has 3 aromatic rings. The average Bonchev–Trinajstić information content (AvgIpc) is 3.10. The molecule has 0 saturated carbocycles. The second-order valence-electron chi connectivity index (χ2n) is 7.23. The van der Waals surface area contributed by atoms with Crippen molar-refractivity contribution in [2.45, 2.75) is 30.7 Å². The van der Waals surface area contributed by atoms with E-state index < -0.39 is 33.5 Å². The van der Waals surface area contributed by atoms with Gasteiger partial charge in [-0.05, 0) is 54.5 Å². The van der Waals surface area contributed by atoms with Gasteiger partial charge in [-0.2, -0.15) is 33.4 Å². The van der Waals surface area contributed by atoms with Crippen LogP contribution in [0.3, 0.4) is 0 Å². The Bertz CT molecular complexity index is 1160. The predicted octanol–water partition coefficient (Wildman–Crippen LogP) is 5.99. The Kier molecular flexibility index (Phi) is 7.02. The molecule has 1 heterocycles. The van der Waals surface area contributed by atoms with E-state index in [9.17, 15) is 26.0 Å². The lowest BCUT2D eigenvalue weighted by molar-refractivity contribution is -0.137. The van der Waals surface area contributed by atoms with E-state index in [2.05, 4.69) is 4.98 Å². The van der Waals surface area contributed by atoms with Gasteiger partial charge in [0, 0.05) is 28.8 Å². The summed E-state index contributed by atoms with van der Waals surface area (Å²) >= 11 is 1.46. The smallest absolute Gasteiger partial charge is 0.361 e. The summed E-state index contributed by atoms with van der Waals surface area (Å²) in [5.41, 5.74) is 1.63. The van der Waals surface area contributed by atoms with Crippen LogP contribution in [0.2, 0.25) is 0 Å². The van der Waals surface area contributed by atoms with Gasteiger partial charge in [0.1, 0.15) is 5.82 Å². The van der Waals surface area contributed by atoms with E-state index in [0.717, 1.165) is 23.1 Å². The molecule has 3 rings (SSSR count). The number of fused-ring (bicyclic) bond motifs is 1. The van der Waals surface area contributed by atoms with Crippen LogP contribution >= 0.6 is 11.8 Å². The third-order valence-electron chi connectivity index (χ3n) is 5.14. The van der Waals surface area contributed by atoms with Gasteiger partial charge in [-0.3, -0.25) is 4.55 Å². The third-order valence-corrected chi connectivity index (χ3v) is 6.52. The summed E-state index contributed by atoms with van der Waals surface area (Å²) in [7, 11) is -4.17. The number of aromatic nitrogens is 1. The molecule has 31 heavy (non-hydrogen) atoms. The number of hydrogen-bond acceptors (Lipinski definition) is 3. The minimum atomic E-state index is -4.47. The highest BCUT2D eigenvalue weighted by atomic mass is 32.2. The molecule has 0 fully saturated rings. The minimum absolute atomic E-state index is 0.107. The summed E-state index contributed by atoms with van der Waals surface area (Å²) in [5.74, 6) is -0.812. The molecule has 4 nitrogen and oxygen atoms in total. The summed E-state index contributed by atoms with van der Waals surface area (Å²) in [4.78, 5) is 3.07. The normalized spacial score (nSPS) is 13.6. The summed E-state index contributed by atoms with van der Waals surface area (Å²) in [6.07, 6.45) is -0.556. The Labute approximate surface area is 181 Å². The Hall–Kier alpha value is -2.04. The van der Waals surface area contributed by atoms with Gasteiger partial charge in [0.15, 0.2) is 0 Å². The van der Waals surface area contributed by atoms with Crippen molar-refractivity contribution in [3.8, 4) is 0 Å². The standard InChI is InChI=1S/C21H21F4NO3S2/c1-30-12-18-19(22)9-8-16-17(11-26-20(16)18)15(3-2-10-31(27,28)29)13-4-6-14(7-5-13)21(23,24)25/h4-9,11,15,26H,2-3,10,12H2,1H3,(H,27,28,29). The van der Waals surface area contributed by atoms with E-state index in [0.29, 0.717) is 22.4 Å². The van der Waals surface area contributed by atoms with Crippen LogP contribution in [0.15, 0.2) is 42.6 Å². The van der Waals surface area contributed by atoms with Crippen molar-refractivity contribution in [1.82, 2.24) is 4.98 Å². The number of nitrogens with one attached hydrogen (secondary N) is 1. The van der Waals surface area contributed by atoms with Gasteiger partial charge in [0.25, 0.3) is 10.1 Å². The molecule has 1 aromatic heterocycles. The molecular weight excluding hydrogens is 454 g/mol. The minimum Gasteiger partial charge on any atom is -0.361 e. The second-order valence-corrected chi connectivity index (χ2v) is 9.66. The maximum Gasteiger partial charge on any atom is 0.416 e. The number of hydrogen-bond donors (Lipinski definition) is 2. The number of benzene rings is 2. The van der Waals surface area contributed by atoms with Crippen molar-refractivity contribution in [3.63, 3.8) is 0 Å². The van der Waals surface area contributed by atoms with Gasteiger partial charge in [-0.1, -0.05) is 12.1 Å². The Balaban J connectivity index is 2.05. The van der Waals surface area contributed by atoms with Crippen LogP contribution in [0.5, 0.6) is 0 Å². The number of thioether (sulfide) groups is 1. The lowest BCUT2D eigenvalue weighted by atomic mass is 9.86. The van der Waals surface area contributed by atoms with Crippen LogP contribution < -0.4 is 0 Å². The molecule has 0 aliphatic carbocycles. The molecule has 0 spiro atoms. The topological polar surface area (TPSA) is 70.2 Å². The van der Waals surface area contributed by atoms with Crippen LogP contribution in [0.4, 0.5) is 17.6 Å². The molecular formula is C21H21F4NO3S2. The van der Waals surface area contributed by atoms with E-state index >= 15 is 0 Å². The van der Waals surface area contributed by atoms with Crippen LogP contribution in [-0.4, -0.2) is 30.0 Å². The first-order valence-electron chi connectivity index (χ1n) is 9.41. The van der Waals surface area contributed by atoms with E-state index in [1.807, 2.05) is 6.26 Å². The molecule has 0 aliphatic heterocycles. The molecule has 2 N–H and O–H groups in total. The number of H-pyrrole nitrogens is 1. The van der Waals surface area contributed by atoms with Gasteiger partial charge in [-0.25, -0.2) is 4.39 Å². The van der Waals surface area contributed by atoms with E-state index in [4.69, 9.17) is 4.55 Å². The Morgan fingerprint density at radius 3 is 2.39 bits per heavy atom. The average molecular weight is 476 g/mol. The van der Waals surface area contributed by atoms with Gasteiger partial charge >= 0.3 is 6.18 Å². The summed E-state index contributed by atoms with van der Waals surface area (Å²) in [5, 5.41) is 0.724. The molecule has 1 unspecified atom stereocenters. The molecule has 0 bridgehead atoms. The van der Waals surface area contributed by atoms with E-state index in [1.54, 1.807) is 12.3 Å². The van der Waals surface area contributed by atoms with Gasteiger partial charge < -0.3 is 4.98 Å². The molecule has 0 aliphatic rings. The van der Waals surface area contributed by atoms with Crippen LogP contribution in [0.1, 0.15) is 41.0 Å². The maximum atomic E-state index is 14.3. The largest absolute Gasteiger partial charge is 0.416 e. The molecule has 0 amide bonds. The lowest BCUT2D eigenvalue weighted by Crippen LogP contribution is -2.09. The number of alkyl halides is 3. The quantitative estimate of drug-likeness (QED) is 0.310. The predicted molar refractivity (Wildman–Crippen MR) is 114 cm³/mol. The Morgan fingerprint density at radius 2 is 1.81 bits per heavy atom. The van der Waals surface area contributed by atoms with Gasteiger partial charge in [0.05, 0.1) is 16.8 Å². The zero-order valence-corrected chi connectivity index (χ0v) is 18.2. The van der Waals surface area contributed by atoms with Crippen molar-refractivity contribution in [2.75, 3.05) is 12.0 Å². The van der Waals surface area contributed by atoms with Gasteiger partial charge in [0.2, 0.25) is 0 Å².